The normalized spacial score (nSPS) is 11.4. The fraction of sp³-hybridized carbons (Fsp3) is 0.318. The van der Waals surface area contributed by atoms with Crippen molar-refractivity contribution >= 4 is 28.2 Å². The predicted octanol–water partition coefficient (Wildman–Crippen LogP) is 5.78. The molecule has 0 spiro atoms. The number of rotatable bonds is 6. The van der Waals surface area contributed by atoms with Crippen molar-refractivity contribution in [3.8, 4) is 5.88 Å². The van der Waals surface area contributed by atoms with E-state index >= 15 is 0 Å². The molecular formula is C22H26N4O2. The molecule has 1 aromatic heterocycles. The van der Waals surface area contributed by atoms with Crippen LogP contribution in [0.1, 0.15) is 41.8 Å². The number of fused-ring (bicyclic) bond motifs is 1. The second-order valence-electron chi connectivity index (χ2n) is 6.96. The molecule has 0 aliphatic heterocycles. The Morgan fingerprint density at radius 3 is 2.46 bits per heavy atom. The molecule has 0 unspecified atom stereocenters. The first-order valence-corrected chi connectivity index (χ1v) is 9.57. The summed E-state index contributed by atoms with van der Waals surface area (Å²) in [7, 11) is 0. The molecule has 3 aromatic rings. The Labute approximate surface area is 164 Å². The summed E-state index contributed by atoms with van der Waals surface area (Å²) in [5.41, 5.74) is 4.66. The van der Waals surface area contributed by atoms with Crippen LogP contribution in [-0.4, -0.2) is 34.0 Å². The van der Waals surface area contributed by atoms with E-state index in [-0.39, 0.29) is 11.8 Å². The summed E-state index contributed by atoms with van der Waals surface area (Å²) < 4.78 is 0. The van der Waals surface area contributed by atoms with E-state index in [1.54, 1.807) is 24.3 Å². The minimum absolute atomic E-state index is 0.00241. The molecule has 2 aromatic carbocycles. The van der Waals surface area contributed by atoms with Crippen LogP contribution in [0.2, 0.25) is 0 Å². The van der Waals surface area contributed by atoms with E-state index in [1.807, 2.05) is 37.8 Å². The average Bonchev–Trinajstić information content (AvgIpc) is 3.00. The second kappa shape index (κ2) is 8.25. The van der Waals surface area contributed by atoms with Crippen LogP contribution in [-0.2, 0) is 0 Å². The fourth-order valence-electron chi connectivity index (χ4n) is 3.36. The number of aryl methyl sites for hydroxylation is 2. The Morgan fingerprint density at radius 2 is 1.82 bits per heavy atom. The zero-order valence-electron chi connectivity index (χ0n) is 16.8. The lowest BCUT2D eigenvalue weighted by atomic mass is 10.1. The number of carbonyl (C=O) groups is 1. The zero-order valence-corrected chi connectivity index (χ0v) is 16.8. The van der Waals surface area contributed by atoms with Gasteiger partial charge in [-0.2, -0.15) is 5.11 Å². The van der Waals surface area contributed by atoms with Gasteiger partial charge in [0.2, 0.25) is 5.88 Å². The van der Waals surface area contributed by atoms with E-state index in [9.17, 15) is 9.90 Å². The van der Waals surface area contributed by atoms with Crippen LogP contribution in [0.15, 0.2) is 46.6 Å². The zero-order chi connectivity index (χ0) is 20.3. The molecule has 0 fully saturated rings. The van der Waals surface area contributed by atoms with Crippen molar-refractivity contribution in [2.24, 2.45) is 10.2 Å². The predicted molar refractivity (Wildman–Crippen MR) is 112 cm³/mol. The van der Waals surface area contributed by atoms with Gasteiger partial charge in [-0.25, -0.2) is 0 Å². The lowest BCUT2D eigenvalue weighted by Gasteiger charge is -2.19. The van der Waals surface area contributed by atoms with Gasteiger partial charge in [-0.3, -0.25) is 4.79 Å². The smallest absolute Gasteiger partial charge is 0.253 e. The van der Waals surface area contributed by atoms with Crippen molar-refractivity contribution < 1.29 is 9.90 Å². The molecule has 0 bridgehead atoms. The third kappa shape index (κ3) is 3.91. The summed E-state index contributed by atoms with van der Waals surface area (Å²) in [4.78, 5) is 17.3. The van der Waals surface area contributed by atoms with Crippen molar-refractivity contribution in [2.45, 2.75) is 34.1 Å². The summed E-state index contributed by atoms with van der Waals surface area (Å²) in [5.74, 6) is 0.0189. The van der Waals surface area contributed by atoms with Crippen molar-refractivity contribution in [1.82, 2.24) is 9.88 Å². The van der Waals surface area contributed by atoms with Gasteiger partial charge in [0, 0.05) is 24.0 Å². The third-order valence-corrected chi connectivity index (χ3v) is 4.74. The number of aromatic hydroxyl groups is 1. The lowest BCUT2D eigenvalue weighted by Crippen LogP contribution is -2.31. The van der Waals surface area contributed by atoms with Gasteiger partial charge in [0.1, 0.15) is 0 Å². The average molecular weight is 378 g/mol. The van der Waals surface area contributed by atoms with Gasteiger partial charge in [0.05, 0.1) is 11.2 Å². The summed E-state index contributed by atoms with van der Waals surface area (Å²) in [6.07, 6.45) is 0.930. The summed E-state index contributed by atoms with van der Waals surface area (Å²) in [5, 5.41) is 19.6. The number of aromatic nitrogens is 1. The Hall–Kier alpha value is -3.15. The number of benzene rings is 2. The van der Waals surface area contributed by atoms with E-state index in [2.05, 4.69) is 22.1 Å². The molecular weight excluding hydrogens is 352 g/mol. The molecule has 1 heterocycles. The van der Waals surface area contributed by atoms with Crippen molar-refractivity contribution in [3.63, 3.8) is 0 Å². The maximum Gasteiger partial charge on any atom is 0.253 e. The number of nitrogens with one attached hydrogen (secondary N) is 1. The van der Waals surface area contributed by atoms with Crippen molar-refractivity contribution in [2.75, 3.05) is 13.1 Å². The highest BCUT2D eigenvalue weighted by Gasteiger charge is 2.14. The molecule has 6 nitrogen and oxygen atoms in total. The number of nitrogens with zero attached hydrogens (tertiary/aromatic N) is 3. The number of azo groups is 1. The van der Waals surface area contributed by atoms with Gasteiger partial charge in [-0.05, 0) is 63.1 Å². The van der Waals surface area contributed by atoms with Crippen molar-refractivity contribution in [3.05, 3.63) is 53.1 Å². The molecule has 0 aliphatic rings. The Balaban J connectivity index is 1.85. The molecule has 0 saturated carbocycles. The second-order valence-corrected chi connectivity index (χ2v) is 6.96. The van der Waals surface area contributed by atoms with Gasteiger partial charge in [0.15, 0.2) is 5.69 Å². The van der Waals surface area contributed by atoms with Gasteiger partial charge in [-0.1, -0.05) is 18.6 Å². The SMILES string of the molecule is CCCN(CC)C(=O)c1ccc(N=Nc2c(O)[nH]c3c(C)cc(C)cc23)cc1. The van der Waals surface area contributed by atoms with Crippen LogP contribution >= 0.6 is 0 Å². The first-order chi connectivity index (χ1) is 13.4. The number of amides is 1. The minimum Gasteiger partial charge on any atom is -0.493 e. The van der Waals surface area contributed by atoms with Gasteiger partial charge >= 0.3 is 0 Å². The highest BCUT2D eigenvalue weighted by atomic mass is 16.3. The van der Waals surface area contributed by atoms with E-state index in [4.69, 9.17) is 0 Å². The first kappa shape index (κ1) is 19.6. The monoisotopic (exact) mass is 378 g/mol. The molecule has 0 saturated heterocycles. The minimum atomic E-state index is -0.00241. The van der Waals surface area contributed by atoms with Gasteiger partial charge in [-0.15, -0.1) is 5.11 Å². The van der Waals surface area contributed by atoms with Crippen molar-refractivity contribution in [1.29, 1.82) is 0 Å². The molecule has 28 heavy (non-hydrogen) atoms. The molecule has 146 valence electrons. The topological polar surface area (TPSA) is 81.1 Å². The van der Waals surface area contributed by atoms with Crippen LogP contribution in [0.25, 0.3) is 10.9 Å². The van der Waals surface area contributed by atoms with E-state index in [1.165, 1.54) is 0 Å². The molecule has 0 radical (unpaired) electrons. The quantitative estimate of drug-likeness (QED) is 0.533. The Bertz CT molecular complexity index is 1020. The van der Waals surface area contributed by atoms with Gasteiger partial charge < -0.3 is 15.0 Å². The summed E-state index contributed by atoms with van der Waals surface area (Å²) in [6.45, 7) is 9.46. The fourth-order valence-corrected chi connectivity index (χ4v) is 3.36. The number of hydrogen-bond acceptors (Lipinski definition) is 4. The molecule has 6 heteroatoms. The molecule has 0 atom stereocenters. The number of aromatic amines is 1. The third-order valence-electron chi connectivity index (χ3n) is 4.74. The van der Waals surface area contributed by atoms with Crippen LogP contribution in [0.5, 0.6) is 5.88 Å². The molecule has 2 N–H and O–H groups in total. The standard InChI is InChI=1S/C22H26N4O2/c1-5-11-26(6-2)22(28)16-7-9-17(10-8-16)24-25-20-18-13-14(3)12-15(4)19(18)23-21(20)27/h7-10,12-13,23,27H,5-6,11H2,1-4H3. The highest BCUT2D eigenvalue weighted by Crippen LogP contribution is 2.38. The van der Waals surface area contributed by atoms with Crippen LogP contribution < -0.4 is 0 Å². The van der Waals surface area contributed by atoms with Crippen LogP contribution in [0.4, 0.5) is 11.4 Å². The van der Waals surface area contributed by atoms with Crippen LogP contribution in [0.3, 0.4) is 0 Å². The molecule has 1 amide bonds. The lowest BCUT2D eigenvalue weighted by molar-refractivity contribution is 0.0764. The first-order valence-electron chi connectivity index (χ1n) is 9.57. The maximum absolute atomic E-state index is 12.5. The van der Waals surface area contributed by atoms with Crippen LogP contribution in [0, 0.1) is 13.8 Å². The van der Waals surface area contributed by atoms with Gasteiger partial charge in [0.25, 0.3) is 5.91 Å². The van der Waals surface area contributed by atoms with E-state index in [0.29, 0.717) is 23.5 Å². The largest absolute Gasteiger partial charge is 0.493 e. The summed E-state index contributed by atoms with van der Waals surface area (Å²) >= 11 is 0. The molecule has 0 aliphatic carbocycles. The molecule has 3 rings (SSSR count). The highest BCUT2D eigenvalue weighted by molar-refractivity contribution is 5.96. The Kier molecular flexibility index (Phi) is 5.78. The number of H-pyrrole nitrogens is 1. The number of hydrogen-bond donors (Lipinski definition) is 2. The summed E-state index contributed by atoms with van der Waals surface area (Å²) in [6, 6.07) is 11.1. The Morgan fingerprint density at radius 1 is 1.11 bits per heavy atom. The van der Waals surface area contributed by atoms with E-state index < -0.39 is 0 Å². The maximum atomic E-state index is 12.5. The van der Waals surface area contributed by atoms with E-state index in [0.717, 1.165) is 35.0 Å². The number of carbonyl (C=O) groups excluding carboxylic acids is 1.